The van der Waals surface area contributed by atoms with Crippen LogP contribution in [0.4, 0.5) is 50.5 Å². The maximum atomic E-state index is 6.93. The highest BCUT2D eigenvalue weighted by atomic mass is 32.1. The summed E-state index contributed by atoms with van der Waals surface area (Å²) in [5.41, 5.74) is 18.7. The van der Waals surface area contributed by atoms with Gasteiger partial charge in [0, 0.05) is 55.3 Å². The number of hydrogen-bond donors (Lipinski definition) is 0. The highest BCUT2D eigenvalue weighted by Crippen LogP contribution is 2.50. The fourth-order valence-electron chi connectivity index (χ4n) is 10.7. The number of hydrogen-bond acceptors (Lipinski definition) is 5. The minimum absolute atomic E-state index is 0.0130. The summed E-state index contributed by atoms with van der Waals surface area (Å²) >= 11 is 1.91. The van der Waals surface area contributed by atoms with Crippen LogP contribution >= 0.6 is 11.3 Å². The quantitative estimate of drug-likeness (QED) is 0.161. The highest BCUT2D eigenvalue weighted by Gasteiger charge is 2.46. The lowest BCUT2D eigenvalue weighted by Crippen LogP contribution is -2.61. The first-order chi connectivity index (χ1) is 32.6. The van der Waals surface area contributed by atoms with Gasteiger partial charge < -0.3 is 19.1 Å². The second-order valence-electron chi connectivity index (χ2n) is 21.9. The summed E-state index contributed by atoms with van der Waals surface area (Å²) in [6.07, 6.45) is 0. The fourth-order valence-corrected chi connectivity index (χ4v) is 12.0. The van der Waals surface area contributed by atoms with Gasteiger partial charge >= 0.3 is 0 Å². The smallest absolute Gasteiger partial charge is 0.254 e. The Hall–Kier alpha value is -7.02. The molecule has 0 aliphatic carbocycles. The number of benzene rings is 8. The molecule has 0 spiro atoms. The van der Waals surface area contributed by atoms with Gasteiger partial charge in [-0.1, -0.05) is 159 Å². The molecule has 0 atom stereocenters. The molecule has 0 saturated carbocycles. The summed E-state index contributed by atoms with van der Waals surface area (Å²) in [4.78, 5) is 7.46. The molecule has 0 unspecified atom stereocenters. The Labute approximate surface area is 405 Å². The largest absolute Gasteiger partial charge is 0.454 e. The van der Waals surface area contributed by atoms with Crippen LogP contribution in [0.3, 0.4) is 0 Å². The third kappa shape index (κ3) is 6.70. The van der Waals surface area contributed by atoms with Gasteiger partial charge in [0.15, 0.2) is 5.58 Å². The van der Waals surface area contributed by atoms with Gasteiger partial charge in [-0.15, -0.1) is 11.3 Å². The van der Waals surface area contributed by atoms with Crippen molar-refractivity contribution in [2.75, 3.05) is 14.7 Å². The molecule has 0 radical (unpaired) electrons. The van der Waals surface area contributed by atoms with Gasteiger partial charge in [0.05, 0.1) is 10.7 Å². The zero-order valence-corrected chi connectivity index (χ0v) is 41.3. The van der Waals surface area contributed by atoms with E-state index in [1.165, 1.54) is 53.9 Å². The highest BCUT2D eigenvalue weighted by molar-refractivity contribution is 7.26. The van der Waals surface area contributed by atoms with Gasteiger partial charge in [0.2, 0.25) is 0 Å². The van der Waals surface area contributed by atoms with Gasteiger partial charge in [-0.2, -0.15) is 0 Å². The fraction of sp³-hybridized carbons (Fsp3) is 0.194. The Morgan fingerprint density at radius 2 is 1.00 bits per heavy atom. The Morgan fingerprint density at radius 1 is 0.441 bits per heavy atom. The maximum absolute atomic E-state index is 6.93. The summed E-state index contributed by atoms with van der Waals surface area (Å²) in [6, 6.07) is 65.7. The standard InChI is InChI=1S/C62H56BN3OS/c1-60(2,3)39-25-30-43(31-26-39)64(44-32-27-40(28-33-44)61(4,5)6)45-34-35-49-53(38-45)66(52-23-15-20-47-46-19-13-14-24-54(46)67-58(47)52)51-22-16-21-50-57(51)63(49)56-48-37-41(62(7,8)9)29-36-55(48)68-59(56)65(50)42-17-11-10-12-18-42/h10-38H,1-9H3. The molecule has 68 heavy (non-hydrogen) atoms. The second-order valence-corrected chi connectivity index (χ2v) is 22.9. The monoisotopic (exact) mass is 901 g/mol. The van der Waals surface area contributed by atoms with E-state index in [0.29, 0.717) is 0 Å². The molecule has 8 aromatic carbocycles. The molecule has 0 N–H and O–H groups in total. The van der Waals surface area contributed by atoms with E-state index in [-0.39, 0.29) is 23.0 Å². The number of nitrogens with zero attached hydrogens (tertiary/aromatic N) is 3. The molecule has 0 amide bonds. The summed E-state index contributed by atoms with van der Waals surface area (Å²) in [5.74, 6) is 0. The first kappa shape index (κ1) is 42.3. The molecule has 2 aromatic heterocycles. The third-order valence-corrected chi connectivity index (χ3v) is 15.5. The Kier molecular flexibility index (Phi) is 9.50. The number of thiophene rings is 1. The summed E-state index contributed by atoms with van der Waals surface area (Å²) in [7, 11) is 0. The van der Waals surface area contributed by atoms with Crippen LogP contribution < -0.4 is 31.1 Å². The van der Waals surface area contributed by atoms with Gasteiger partial charge in [0.25, 0.3) is 6.71 Å². The van der Waals surface area contributed by atoms with Crippen molar-refractivity contribution in [2.24, 2.45) is 0 Å². The van der Waals surface area contributed by atoms with Crippen LogP contribution in [0.25, 0.3) is 32.0 Å². The summed E-state index contributed by atoms with van der Waals surface area (Å²) in [5, 5.41) is 4.82. The molecule has 4 nitrogen and oxygen atoms in total. The molecule has 12 rings (SSSR count). The topological polar surface area (TPSA) is 22.9 Å². The summed E-state index contributed by atoms with van der Waals surface area (Å²) in [6.45, 7) is 20.6. The molecule has 334 valence electrons. The molecular formula is C62H56BN3OS. The third-order valence-electron chi connectivity index (χ3n) is 14.3. The van der Waals surface area contributed by atoms with Gasteiger partial charge in [-0.25, -0.2) is 0 Å². The van der Waals surface area contributed by atoms with Gasteiger partial charge in [-0.3, -0.25) is 0 Å². The molecule has 2 aliphatic heterocycles. The number of para-hydroxylation sites is 3. The Bertz CT molecular complexity index is 3530. The molecule has 0 fully saturated rings. The van der Waals surface area contributed by atoms with Crippen molar-refractivity contribution in [1.82, 2.24) is 0 Å². The van der Waals surface area contributed by atoms with Gasteiger partial charge in [0.1, 0.15) is 5.58 Å². The van der Waals surface area contributed by atoms with Crippen molar-refractivity contribution in [3.8, 4) is 0 Å². The van der Waals surface area contributed by atoms with Crippen molar-refractivity contribution in [3.63, 3.8) is 0 Å². The van der Waals surface area contributed by atoms with Crippen molar-refractivity contribution in [3.05, 3.63) is 193 Å². The normalized spacial score (nSPS) is 13.6. The first-order valence-electron chi connectivity index (χ1n) is 24.0. The number of fused-ring (bicyclic) bond motifs is 9. The van der Waals surface area contributed by atoms with E-state index >= 15 is 0 Å². The van der Waals surface area contributed by atoms with Crippen LogP contribution in [0, 0.1) is 0 Å². The van der Waals surface area contributed by atoms with Crippen molar-refractivity contribution in [2.45, 2.75) is 78.6 Å². The SMILES string of the molecule is CC(C)(C)c1ccc(N(c2ccc(C(C)(C)C)cc2)c2ccc3c(c2)N(c2cccc4c2oc2ccccc24)c2cccc4c2B3c2c(sc3ccc(C(C)(C)C)cc23)N4c2ccccc2)cc1. The minimum Gasteiger partial charge on any atom is -0.454 e. The van der Waals surface area contributed by atoms with E-state index in [0.717, 1.165) is 61.8 Å². The molecule has 4 heterocycles. The lowest BCUT2D eigenvalue weighted by Gasteiger charge is -2.43. The van der Waals surface area contributed by atoms with Crippen LogP contribution in [0.2, 0.25) is 0 Å². The second kappa shape index (κ2) is 15.2. The van der Waals surface area contributed by atoms with E-state index in [4.69, 9.17) is 4.42 Å². The van der Waals surface area contributed by atoms with Crippen LogP contribution in [0.15, 0.2) is 180 Å². The number of anilines is 9. The molecule has 2 aliphatic rings. The number of furan rings is 1. The lowest BCUT2D eigenvalue weighted by molar-refractivity contribution is 0.590. The molecule has 0 saturated heterocycles. The average molecular weight is 902 g/mol. The van der Waals surface area contributed by atoms with E-state index in [2.05, 4.69) is 253 Å². The molecule has 0 bridgehead atoms. The predicted octanol–water partition coefficient (Wildman–Crippen LogP) is 16.2. The Morgan fingerprint density at radius 3 is 1.66 bits per heavy atom. The zero-order valence-electron chi connectivity index (χ0n) is 40.5. The average Bonchev–Trinajstić information content (AvgIpc) is 3.90. The maximum Gasteiger partial charge on any atom is 0.254 e. The summed E-state index contributed by atoms with van der Waals surface area (Å²) < 4.78 is 8.23. The van der Waals surface area contributed by atoms with Crippen molar-refractivity contribution >= 4 is 117 Å². The van der Waals surface area contributed by atoms with Crippen LogP contribution in [0.1, 0.15) is 79.0 Å². The Balaban J connectivity index is 1.16. The zero-order chi connectivity index (χ0) is 46.9. The minimum atomic E-state index is -0.0408. The van der Waals surface area contributed by atoms with Crippen LogP contribution in [-0.2, 0) is 16.2 Å². The van der Waals surface area contributed by atoms with Crippen molar-refractivity contribution in [1.29, 1.82) is 0 Å². The van der Waals surface area contributed by atoms with E-state index < -0.39 is 0 Å². The van der Waals surface area contributed by atoms with E-state index in [1.54, 1.807) is 0 Å². The van der Waals surface area contributed by atoms with E-state index in [9.17, 15) is 0 Å². The van der Waals surface area contributed by atoms with Gasteiger partial charge in [-0.05, 0) is 134 Å². The van der Waals surface area contributed by atoms with Crippen LogP contribution in [-0.4, -0.2) is 6.71 Å². The lowest BCUT2D eigenvalue weighted by atomic mass is 9.33. The molecule has 10 aromatic rings. The van der Waals surface area contributed by atoms with Crippen molar-refractivity contribution < 1.29 is 4.42 Å². The van der Waals surface area contributed by atoms with E-state index in [1.807, 2.05) is 11.3 Å². The number of rotatable bonds is 5. The molecular weight excluding hydrogens is 846 g/mol. The predicted molar refractivity (Wildman–Crippen MR) is 294 cm³/mol. The first-order valence-corrected chi connectivity index (χ1v) is 24.9. The van der Waals surface area contributed by atoms with Crippen LogP contribution in [0.5, 0.6) is 0 Å². The molecule has 6 heteroatoms.